The second-order valence-electron chi connectivity index (χ2n) is 4.94. The number of nitrogens with one attached hydrogen (secondary N) is 2. The molecule has 0 saturated carbocycles. The maximum atomic E-state index is 12.4. The third-order valence-corrected chi connectivity index (χ3v) is 3.54. The van der Waals surface area contributed by atoms with E-state index in [1.807, 2.05) is 38.1 Å². The molecule has 0 aromatic heterocycles. The summed E-state index contributed by atoms with van der Waals surface area (Å²) in [5.74, 6) is 5.20. The van der Waals surface area contributed by atoms with Crippen molar-refractivity contribution in [2.75, 3.05) is 5.43 Å². The van der Waals surface area contributed by atoms with E-state index < -0.39 is 0 Å². The Morgan fingerprint density at radius 2 is 1.86 bits per heavy atom. The second-order valence-corrected chi connectivity index (χ2v) is 5.38. The van der Waals surface area contributed by atoms with Crippen molar-refractivity contribution in [3.05, 3.63) is 64.2 Å². The van der Waals surface area contributed by atoms with Crippen LogP contribution in [0.4, 0.5) is 5.69 Å². The lowest BCUT2D eigenvalue weighted by atomic mass is 10.1. The molecule has 0 aliphatic carbocycles. The Hall–Kier alpha value is -2.04. The summed E-state index contributed by atoms with van der Waals surface area (Å²) in [6.45, 7) is 3.96. The maximum absolute atomic E-state index is 12.4. The molecule has 0 aliphatic rings. The zero-order chi connectivity index (χ0) is 15.4. The van der Waals surface area contributed by atoms with Crippen LogP contribution < -0.4 is 16.6 Å². The zero-order valence-electron chi connectivity index (χ0n) is 12.0. The van der Waals surface area contributed by atoms with Crippen molar-refractivity contribution in [1.29, 1.82) is 0 Å². The van der Waals surface area contributed by atoms with E-state index in [0.717, 1.165) is 5.56 Å². The molecule has 0 heterocycles. The molecule has 5 heteroatoms. The number of hydrogen-bond acceptors (Lipinski definition) is 3. The van der Waals surface area contributed by atoms with Gasteiger partial charge in [0.15, 0.2) is 0 Å². The Morgan fingerprint density at radius 3 is 2.48 bits per heavy atom. The number of benzene rings is 2. The molecule has 2 rings (SSSR count). The molecule has 1 amide bonds. The fraction of sp³-hybridized carbons (Fsp3) is 0.188. The van der Waals surface area contributed by atoms with Crippen molar-refractivity contribution in [2.24, 2.45) is 5.84 Å². The average molecular weight is 304 g/mol. The van der Waals surface area contributed by atoms with Crippen LogP contribution in [-0.2, 0) is 0 Å². The molecule has 0 fully saturated rings. The molecular weight excluding hydrogens is 286 g/mol. The van der Waals surface area contributed by atoms with Crippen LogP contribution in [0.15, 0.2) is 42.5 Å². The van der Waals surface area contributed by atoms with Crippen molar-refractivity contribution in [3.63, 3.8) is 0 Å². The Labute approximate surface area is 129 Å². The van der Waals surface area contributed by atoms with Crippen LogP contribution in [0.1, 0.15) is 34.5 Å². The lowest BCUT2D eigenvalue weighted by molar-refractivity contribution is 0.0940. The Morgan fingerprint density at radius 1 is 1.19 bits per heavy atom. The summed E-state index contributed by atoms with van der Waals surface area (Å²) in [6.07, 6.45) is 0. The Bertz CT molecular complexity index is 640. The quantitative estimate of drug-likeness (QED) is 0.599. The topological polar surface area (TPSA) is 67.2 Å². The largest absolute Gasteiger partial charge is 0.345 e. The van der Waals surface area contributed by atoms with E-state index in [1.165, 1.54) is 5.56 Å². The monoisotopic (exact) mass is 303 g/mol. The normalized spacial score (nSPS) is 11.8. The minimum Gasteiger partial charge on any atom is -0.345 e. The SMILES string of the molecule is Cc1ccc(C(C)NC(=O)c2cc(Cl)ccc2NN)cc1. The number of nitrogen functional groups attached to an aromatic ring is 1. The number of nitrogens with two attached hydrogens (primary N) is 1. The minimum absolute atomic E-state index is 0.109. The van der Waals surface area contributed by atoms with Crippen molar-refractivity contribution in [3.8, 4) is 0 Å². The van der Waals surface area contributed by atoms with Crippen LogP contribution in [0.5, 0.6) is 0 Å². The van der Waals surface area contributed by atoms with Gasteiger partial charge in [0.25, 0.3) is 5.91 Å². The predicted molar refractivity (Wildman–Crippen MR) is 86.3 cm³/mol. The van der Waals surface area contributed by atoms with Gasteiger partial charge in [-0.05, 0) is 37.6 Å². The molecule has 4 N–H and O–H groups in total. The number of hydrazine groups is 1. The highest BCUT2D eigenvalue weighted by molar-refractivity contribution is 6.31. The van der Waals surface area contributed by atoms with E-state index in [1.54, 1.807) is 18.2 Å². The van der Waals surface area contributed by atoms with E-state index in [2.05, 4.69) is 10.7 Å². The van der Waals surface area contributed by atoms with Crippen LogP contribution in [0.3, 0.4) is 0 Å². The van der Waals surface area contributed by atoms with Gasteiger partial charge >= 0.3 is 0 Å². The summed E-state index contributed by atoms with van der Waals surface area (Å²) < 4.78 is 0. The molecule has 110 valence electrons. The summed E-state index contributed by atoms with van der Waals surface area (Å²) in [4.78, 5) is 12.4. The van der Waals surface area contributed by atoms with E-state index in [4.69, 9.17) is 17.4 Å². The molecular formula is C16H18ClN3O. The van der Waals surface area contributed by atoms with Crippen molar-refractivity contribution >= 4 is 23.2 Å². The molecule has 4 nitrogen and oxygen atoms in total. The highest BCUT2D eigenvalue weighted by Crippen LogP contribution is 2.21. The maximum Gasteiger partial charge on any atom is 0.253 e. The summed E-state index contributed by atoms with van der Waals surface area (Å²) in [5.41, 5.74) is 5.68. The third-order valence-electron chi connectivity index (χ3n) is 3.31. The Kier molecular flexibility index (Phi) is 4.83. The van der Waals surface area contributed by atoms with Gasteiger partial charge in [0, 0.05) is 5.02 Å². The zero-order valence-corrected chi connectivity index (χ0v) is 12.7. The van der Waals surface area contributed by atoms with E-state index in [-0.39, 0.29) is 11.9 Å². The van der Waals surface area contributed by atoms with Crippen molar-refractivity contribution in [2.45, 2.75) is 19.9 Å². The molecule has 2 aromatic carbocycles. The number of aryl methyl sites for hydroxylation is 1. The number of carbonyl (C=O) groups is 1. The van der Waals surface area contributed by atoms with Gasteiger partial charge in [0.1, 0.15) is 0 Å². The number of rotatable bonds is 4. The van der Waals surface area contributed by atoms with Crippen molar-refractivity contribution < 1.29 is 4.79 Å². The molecule has 21 heavy (non-hydrogen) atoms. The molecule has 1 unspecified atom stereocenters. The first kappa shape index (κ1) is 15.4. The summed E-state index contributed by atoms with van der Waals surface area (Å²) in [7, 11) is 0. The van der Waals surface area contributed by atoms with Gasteiger partial charge in [-0.2, -0.15) is 0 Å². The van der Waals surface area contributed by atoms with Crippen LogP contribution in [0.25, 0.3) is 0 Å². The highest BCUT2D eigenvalue weighted by Gasteiger charge is 2.15. The molecule has 0 radical (unpaired) electrons. The number of carbonyl (C=O) groups excluding carboxylic acids is 1. The highest BCUT2D eigenvalue weighted by atomic mass is 35.5. The van der Waals surface area contributed by atoms with Crippen LogP contribution in [0, 0.1) is 6.92 Å². The first-order valence-corrected chi connectivity index (χ1v) is 7.02. The van der Waals surface area contributed by atoms with Gasteiger partial charge in [-0.1, -0.05) is 41.4 Å². The van der Waals surface area contributed by atoms with E-state index in [9.17, 15) is 4.79 Å². The van der Waals surface area contributed by atoms with Gasteiger partial charge < -0.3 is 10.7 Å². The molecule has 0 spiro atoms. The third kappa shape index (κ3) is 3.74. The molecule has 0 aliphatic heterocycles. The Balaban J connectivity index is 2.17. The number of halogens is 1. The number of anilines is 1. The minimum atomic E-state index is -0.224. The van der Waals surface area contributed by atoms with Gasteiger partial charge in [0.2, 0.25) is 0 Å². The van der Waals surface area contributed by atoms with Crippen LogP contribution in [-0.4, -0.2) is 5.91 Å². The molecule has 0 bridgehead atoms. The lowest BCUT2D eigenvalue weighted by Gasteiger charge is -2.16. The summed E-state index contributed by atoms with van der Waals surface area (Å²) >= 11 is 5.94. The fourth-order valence-corrected chi connectivity index (χ4v) is 2.22. The summed E-state index contributed by atoms with van der Waals surface area (Å²) in [5, 5.41) is 3.43. The van der Waals surface area contributed by atoms with Gasteiger partial charge in [-0.3, -0.25) is 10.6 Å². The van der Waals surface area contributed by atoms with E-state index >= 15 is 0 Å². The summed E-state index contributed by atoms with van der Waals surface area (Å²) in [6, 6.07) is 12.9. The number of amides is 1. The molecule has 1 atom stereocenters. The van der Waals surface area contributed by atoms with Crippen LogP contribution in [0.2, 0.25) is 5.02 Å². The fourth-order valence-electron chi connectivity index (χ4n) is 2.04. The predicted octanol–water partition coefficient (Wildman–Crippen LogP) is 3.43. The van der Waals surface area contributed by atoms with Gasteiger partial charge in [-0.25, -0.2) is 0 Å². The number of hydrogen-bond donors (Lipinski definition) is 3. The smallest absolute Gasteiger partial charge is 0.253 e. The van der Waals surface area contributed by atoms with Crippen LogP contribution >= 0.6 is 11.6 Å². The lowest BCUT2D eigenvalue weighted by Crippen LogP contribution is -2.28. The first-order valence-electron chi connectivity index (χ1n) is 6.65. The van der Waals surface area contributed by atoms with Gasteiger partial charge in [0.05, 0.1) is 17.3 Å². The first-order chi connectivity index (χ1) is 10.0. The molecule has 2 aromatic rings. The average Bonchev–Trinajstić information content (AvgIpc) is 2.47. The second kappa shape index (κ2) is 6.61. The van der Waals surface area contributed by atoms with Gasteiger partial charge in [-0.15, -0.1) is 0 Å². The van der Waals surface area contributed by atoms with E-state index in [0.29, 0.717) is 16.3 Å². The van der Waals surface area contributed by atoms with Crippen molar-refractivity contribution in [1.82, 2.24) is 5.32 Å². The standard InChI is InChI=1S/C16H18ClN3O/c1-10-3-5-12(6-4-10)11(2)19-16(21)14-9-13(17)7-8-15(14)20-18/h3-9,11,20H,18H2,1-2H3,(H,19,21). The molecule has 0 saturated heterocycles.